The van der Waals surface area contributed by atoms with Crippen molar-refractivity contribution >= 4 is 5.78 Å². The molecule has 0 amide bonds. The van der Waals surface area contributed by atoms with E-state index < -0.39 is 0 Å². The highest BCUT2D eigenvalue weighted by Crippen LogP contribution is 2.63. The zero-order valence-corrected chi connectivity index (χ0v) is 16.7. The number of aryl methyl sites for hydroxylation is 1. The van der Waals surface area contributed by atoms with Crippen LogP contribution in [-0.2, 0) is 27.8 Å². The highest BCUT2D eigenvalue weighted by atomic mass is 16.5. The first-order valence-corrected chi connectivity index (χ1v) is 11.0. The van der Waals surface area contributed by atoms with Crippen LogP contribution in [0.25, 0.3) is 0 Å². The first-order chi connectivity index (χ1) is 14.2. The normalized spacial score (nSPS) is 33.9. The Morgan fingerprint density at radius 1 is 1.10 bits per heavy atom. The SMILES string of the molecule is O=C1CC[C@@]2(OCCCc3ccccc3)[C@H]3Cc4cccc5c4[C@@]2(CCN3)[C@H]1O5. The summed E-state index contributed by atoms with van der Waals surface area (Å²) in [5.74, 6) is 1.17. The summed E-state index contributed by atoms with van der Waals surface area (Å²) >= 11 is 0. The van der Waals surface area contributed by atoms with Gasteiger partial charge in [-0.1, -0.05) is 42.5 Å². The minimum absolute atomic E-state index is 0.244. The van der Waals surface area contributed by atoms with E-state index in [-0.39, 0.29) is 28.9 Å². The van der Waals surface area contributed by atoms with Gasteiger partial charge in [-0.2, -0.15) is 0 Å². The Morgan fingerprint density at radius 2 is 2.00 bits per heavy atom. The molecule has 4 aliphatic rings. The first kappa shape index (κ1) is 17.7. The molecule has 1 spiro atoms. The second kappa shape index (κ2) is 6.41. The maximum Gasteiger partial charge on any atom is 0.174 e. The first-order valence-electron chi connectivity index (χ1n) is 11.0. The van der Waals surface area contributed by atoms with Crippen LogP contribution in [0.5, 0.6) is 5.75 Å². The van der Waals surface area contributed by atoms with Crippen LogP contribution >= 0.6 is 0 Å². The van der Waals surface area contributed by atoms with Gasteiger partial charge in [-0.25, -0.2) is 0 Å². The molecule has 4 nitrogen and oxygen atoms in total. The van der Waals surface area contributed by atoms with Gasteiger partial charge in [0.1, 0.15) is 5.75 Å². The van der Waals surface area contributed by atoms with E-state index in [2.05, 4.69) is 47.8 Å². The van der Waals surface area contributed by atoms with Crippen LogP contribution in [0.1, 0.15) is 42.4 Å². The van der Waals surface area contributed by atoms with Crippen LogP contribution < -0.4 is 10.1 Å². The van der Waals surface area contributed by atoms with Crippen molar-refractivity contribution in [3.8, 4) is 5.75 Å². The lowest BCUT2D eigenvalue weighted by atomic mass is 9.49. The standard InChI is InChI=1S/C25H27NO3/c27-19-11-12-25(28-15-5-8-17-6-2-1-3-7-17)21-16-18-9-4-10-20-22(18)24(25,13-14-26-21)23(19)29-20/h1-4,6-7,9-10,21,23,26H,5,8,11-16H2/t21-,23+,24+,25-/m1/s1. The van der Waals surface area contributed by atoms with E-state index in [1.165, 1.54) is 16.7 Å². The number of carbonyl (C=O) groups excluding carboxylic acids is 1. The van der Waals surface area contributed by atoms with Crippen LogP contribution in [0, 0.1) is 0 Å². The highest BCUT2D eigenvalue weighted by molar-refractivity contribution is 5.89. The van der Waals surface area contributed by atoms with E-state index in [9.17, 15) is 4.79 Å². The fraction of sp³-hybridized carbons (Fsp3) is 0.480. The third-order valence-corrected chi connectivity index (χ3v) is 7.75. The number of ether oxygens (including phenoxy) is 2. The van der Waals surface area contributed by atoms with Gasteiger partial charge in [0.15, 0.2) is 11.9 Å². The number of rotatable bonds is 5. The Hall–Kier alpha value is -2.17. The Labute approximate surface area is 171 Å². The van der Waals surface area contributed by atoms with E-state index in [1.807, 2.05) is 6.07 Å². The largest absolute Gasteiger partial charge is 0.481 e. The topological polar surface area (TPSA) is 47.6 Å². The number of hydrogen-bond donors (Lipinski definition) is 1. The number of piperidine rings is 1. The fourth-order valence-corrected chi connectivity index (χ4v) is 6.64. The molecule has 6 rings (SSSR count). The van der Waals surface area contributed by atoms with Crippen molar-refractivity contribution in [2.75, 3.05) is 13.2 Å². The predicted octanol–water partition coefficient (Wildman–Crippen LogP) is 3.35. The molecule has 4 heteroatoms. The molecule has 2 heterocycles. The monoisotopic (exact) mass is 389 g/mol. The molecule has 4 atom stereocenters. The van der Waals surface area contributed by atoms with Crippen LogP contribution in [0.4, 0.5) is 0 Å². The second-order valence-electron chi connectivity index (χ2n) is 9.01. The molecule has 2 aromatic carbocycles. The van der Waals surface area contributed by atoms with Crippen molar-refractivity contribution in [1.82, 2.24) is 5.32 Å². The lowest BCUT2D eigenvalue weighted by Crippen LogP contribution is -2.77. The summed E-state index contributed by atoms with van der Waals surface area (Å²) in [6.07, 6.45) is 4.82. The maximum absolute atomic E-state index is 13.0. The second-order valence-corrected chi connectivity index (χ2v) is 9.01. The molecule has 1 N–H and O–H groups in total. The molecule has 2 aliphatic heterocycles. The molecule has 1 saturated heterocycles. The molecule has 2 aliphatic carbocycles. The van der Waals surface area contributed by atoms with E-state index in [0.717, 1.165) is 44.4 Å². The molecule has 2 bridgehead atoms. The lowest BCUT2D eigenvalue weighted by molar-refractivity contribution is -0.189. The van der Waals surface area contributed by atoms with Gasteiger partial charge in [-0.3, -0.25) is 4.79 Å². The van der Waals surface area contributed by atoms with Gasteiger partial charge >= 0.3 is 0 Å². The van der Waals surface area contributed by atoms with Crippen LogP contribution in [-0.4, -0.2) is 36.7 Å². The van der Waals surface area contributed by atoms with Crippen molar-refractivity contribution in [3.63, 3.8) is 0 Å². The third-order valence-electron chi connectivity index (χ3n) is 7.75. The highest BCUT2D eigenvalue weighted by Gasteiger charge is 2.72. The zero-order valence-electron chi connectivity index (χ0n) is 16.7. The Bertz CT molecular complexity index is 958. The summed E-state index contributed by atoms with van der Waals surface area (Å²) in [5.41, 5.74) is 3.29. The van der Waals surface area contributed by atoms with Crippen LogP contribution in [0.15, 0.2) is 48.5 Å². The van der Waals surface area contributed by atoms with Gasteiger partial charge < -0.3 is 14.8 Å². The smallest absolute Gasteiger partial charge is 0.174 e. The molecule has 2 fully saturated rings. The average molecular weight is 389 g/mol. The lowest BCUT2D eigenvalue weighted by Gasteiger charge is -2.61. The van der Waals surface area contributed by atoms with Gasteiger partial charge in [-0.15, -0.1) is 0 Å². The molecule has 1 saturated carbocycles. The van der Waals surface area contributed by atoms with Crippen LogP contribution in [0.3, 0.4) is 0 Å². The van der Waals surface area contributed by atoms with Gasteiger partial charge in [0.25, 0.3) is 0 Å². The Kier molecular flexibility index (Phi) is 3.91. The van der Waals surface area contributed by atoms with Crippen molar-refractivity contribution in [3.05, 3.63) is 65.2 Å². The molecule has 0 radical (unpaired) electrons. The van der Waals surface area contributed by atoms with Gasteiger partial charge in [0.2, 0.25) is 0 Å². The summed E-state index contributed by atoms with van der Waals surface area (Å²) in [7, 11) is 0. The van der Waals surface area contributed by atoms with E-state index >= 15 is 0 Å². The summed E-state index contributed by atoms with van der Waals surface area (Å²) in [4.78, 5) is 13.0. The summed E-state index contributed by atoms with van der Waals surface area (Å²) < 4.78 is 13.2. The molecular weight excluding hydrogens is 362 g/mol. The number of hydrogen-bond acceptors (Lipinski definition) is 4. The van der Waals surface area contributed by atoms with E-state index in [1.54, 1.807) is 0 Å². The van der Waals surface area contributed by atoms with E-state index in [4.69, 9.17) is 9.47 Å². The van der Waals surface area contributed by atoms with Crippen molar-refractivity contribution in [1.29, 1.82) is 0 Å². The molecule has 29 heavy (non-hydrogen) atoms. The molecule has 0 unspecified atom stereocenters. The molecule has 0 aromatic heterocycles. The van der Waals surface area contributed by atoms with Crippen molar-refractivity contribution < 1.29 is 14.3 Å². The zero-order chi connectivity index (χ0) is 19.5. The quantitative estimate of drug-likeness (QED) is 0.797. The third kappa shape index (κ3) is 2.30. The summed E-state index contributed by atoms with van der Waals surface area (Å²) in [5, 5.41) is 3.75. The predicted molar refractivity (Wildman–Crippen MR) is 110 cm³/mol. The summed E-state index contributed by atoms with van der Waals surface area (Å²) in [6.45, 7) is 1.63. The molecular formula is C25H27NO3. The minimum Gasteiger partial charge on any atom is -0.481 e. The number of benzene rings is 2. The average Bonchev–Trinajstić information content (AvgIpc) is 3.08. The minimum atomic E-state index is -0.383. The molecule has 2 aromatic rings. The number of Topliss-reactive ketones (excluding diaryl/α,β-unsaturated/α-hetero) is 1. The number of ketones is 1. The maximum atomic E-state index is 13.0. The number of nitrogens with one attached hydrogen (secondary N) is 1. The van der Waals surface area contributed by atoms with Gasteiger partial charge in [0, 0.05) is 24.6 Å². The van der Waals surface area contributed by atoms with E-state index in [0.29, 0.717) is 13.0 Å². The fourth-order valence-electron chi connectivity index (χ4n) is 6.64. The van der Waals surface area contributed by atoms with Gasteiger partial charge in [-0.05, 0) is 55.8 Å². The molecule has 150 valence electrons. The van der Waals surface area contributed by atoms with Crippen molar-refractivity contribution in [2.24, 2.45) is 0 Å². The summed E-state index contributed by atoms with van der Waals surface area (Å²) in [6, 6.07) is 17.2. The Balaban J connectivity index is 1.35. The van der Waals surface area contributed by atoms with Crippen molar-refractivity contribution in [2.45, 2.75) is 61.7 Å². The van der Waals surface area contributed by atoms with Crippen LogP contribution in [0.2, 0.25) is 0 Å². The number of carbonyl (C=O) groups is 1. The van der Waals surface area contributed by atoms with Gasteiger partial charge in [0.05, 0.1) is 11.0 Å². The Morgan fingerprint density at radius 3 is 2.90 bits per heavy atom.